The Bertz CT molecular complexity index is 835. The topological polar surface area (TPSA) is 98.5 Å². The first-order chi connectivity index (χ1) is 12.5. The SMILES string of the molecule is O=C(O[C@@H]1CCCCC1=O)c1ccc(Nc2ccccc2)c([N+](=O)[O-])c1. The fraction of sp³-hybridized carbons (Fsp3) is 0.263. The molecule has 0 spiro atoms. The van der Waals surface area contributed by atoms with Crippen LogP contribution in [0.3, 0.4) is 0 Å². The van der Waals surface area contributed by atoms with Gasteiger partial charge in [-0.2, -0.15) is 0 Å². The first-order valence-electron chi connectivity index (χ1n) is 8.39. The molecule has 0 heterocycles. The highest BCUT2D eigenvalue weighted by atomic mass is 16.6. The van der Waals surface area contributed by atoms with Gasteiger partial charge in [-0.15, -0.1) is 0 Å². The fourth-order valence-electron chi connectivity index (χ4n) is 2.87. The molecule has 0 aliphatic heterocycles. The quantitative estimate of drug-likeness (QED) is 0.495. The molecule has 1 fully saturated rings. The van der Waals surface area contributed by atoms with E-state index in [1.165, 1.54) is 18.2 Å². The number of carbonyl (C=O) groups excluding carboxylic acids is 2. The van der Waals surface area contributed by atoms with Gasteiger partial charge in [-0.1, -0.05) is 18.2 Å². The highest BCUT2D eigenvalue weighted by Crippen LogP contribution is 2.29. The largest absolute Gasteiger partial charge is 0.451 e. The minimum Gasteiger partial charge on any atom is -0.451 e. The molecule has 26 heavy (non-hydrogen) atoms. The number of ketones is 1. The summed E-state index contributed by atoms with van der Waals surface area (Å²) in [5, 5.41) is 14.3. The van der Waals surface area contributed by atoms with Crippen molar-refractivity contribution in [1.29, 1.82) is 0 Å². The molecule has 2 aromatic carbocycles. The maximum Gasteiger partial charge on any atom is 0.339 e. The second-order valence-electron chi connectivity index (χ2n) is 6.09. The number of hydrogen-bond donors (Lipinski definition) is 1. The van der Waals surface area contributed by atoms with Crippen LogP contribution in [0.15, 0.2) is 48.5 Å². The second-order valence-corrected chi connectivity index (χ2v) is 6.09. The Morgan fingerprint density at radius 2 is 1.92 bits per heavy atom. The van der Waals surface area contributed by atoms with Gasteiger partial charge < -0.3 is 10.1 Å². The van der Waals surface area contributed by atoms with E-state index in [4.69, 9.17) is 4.74 Å². The number of hydrogen-bond acceptors (Lipinski definition) is 6. The van der Waals surface area contributed by atoms with Crippen LogP contribution >= 0.6 is 0 Å². The molecule has 1 atom stereocenters. The van der Waals surface area contributed by atoms with Crippen LogP contribution in [0.2, 0.25) is 0 Å². The van der Waals surface area contributed by atoms with Gasteiger partial charge >= 0.3 is 5.97 Å². The number of benzene rings is 2. The van der Waals surface area contributed by atoms with Crippen molar-refractivity contribution in [2.24, 2.45) is 0 Å². The zero-order chi connectivity index (χ0) is 18.5. The Labute approximate surface area is 150 Å². The number of Topliss-reactive ketones (excluding diaryl/α,β-unsaturated/α-hetero) is 1. The van der Waals surface area contributed by atoms with Crippen LogP contribution in [0.1, 0.15) is 36.0 Å². The highest BCUT2D eigenvalue weighted by Gasteiger charge is 2.27. The van der Waals surface area contributed by atoms with Crippen LogP contribution in [-0.4, -0.2) is 22.8 Å². The Kier molecular flexibility index (Phi) is 5.26. The van der Waals surface area contributed by atoms with E-state index < -0.39 is 17.0 Å². The van der Waals surface area contributed by atoms with Crippen LogP contribution < -0.4 is 5.32 Å². The van der Waals surface area contributed by atoms with E-state index in [-0.39, 0.29) is 22.7 Å². The lowest BCUT2D eigenvalue weighted by Gasteiger charge is -2.20. The van der Waals surface area contributed by atoms with Crippen LogP contribution in [0, 0.1) is 10.1 Å². The number of anilines is 2. The molecule has 1 saturated carbocycles. The summed E-state index contributed by atoms with van der Waals surface area (Å²) in [6.45, 7) is 0. The van der Waals surface area contributed by atoms with Crippen molar-refractivity contribution in [3.8, 4) is 0 Å². The standard InChI is InChI=1S/C19H18N2O5/c22-17-8-4-5-9-18(17)26-19(23)13-10-11-15(16(12-13)21(24)25)20-14-6-2-1-3-7-14/h1-3,6-7,10-12,18,20H,4-5,8-9H2/t18-/m1/s1. The van der Waals surface area contributed by atoms with Crippen molar-refractivity contribution in [3.63, 3.8) is 0 Å². The normalized spacial score (nSPS) is 16.8. The maximum absolute atomic E-state index is 12.3. The zero-order valence-corrected chi connectivity index (χ0v) is 14.0. The molecule has 0 radical (unpaired) electrons. The minimum absolute atomic E-state index is 0.0497. The zero-order valence-electron chi connectivity index (χ0n) is 14.0. The van der Waals surface area contributed by atoms with Crippen molar-refractivity contribution >= 4 is 28.8 Å². The number of nitrogens with one attached hydrogen (secondary N) is 1. The molecule has 1 aliphatic carbocycles. The molecule has 134 valence electrons. The second kappa shape index (κ2) is 7.77. The summed E-state index contributed by atoms with van der Waals surface area (Å²) in [5.74, 6) is -0.818. The van der Waals surface area contributed by atoms with Crippen molar-refractivity contribution in [3.05, 3.63) is 64.2 Å². The smallest absolute Gasteiger partial charge is 0.339 e. The third-order valence-corrected chi connectivity index (χ3v) is 4.23. The van der Waals surface area contributed by atoms with Crippen molar-refractivity contribution in [1.82, 2.24) is 0 Å². The molecule has 3 rings (SSSR count). The number of para-hydroxylation sites is 1. The predicted molar refractivity (Wildman–Crippen MR) is 95.5 cm³/mol. The minimum atomic E-state index is -0.752. The van der Waals surface area contributed by atoms with Gasteiger partial charge in [0.15, 0.2) is 11.9 Å². The monoisotopic (exact) mass is 354 g/mol. The van der Waals surface area contributed by atoms with Gasteiger partial charge in [0.25, 0.3) is 5.69 Å². The van der Waals surface area contributed by atoms with Crippen molar-refractivity contribution in [2.45, 2.75) is 31.8 Å². The Hall–Kier alpha value is -3.22. The molecule has 0 unspecified atom stereocenters. The molecule has 0 aromatic heterocycles. The maximum atomic E-state index is 12.3. The van der Waals surface area contributed by atoms with Gasteiger partial charge in [0.2, 0.25) is 0 Å². The lowest BCUT2D eigenvalue weighted by atomic mass is 9.96. The lowest BCUT2D eigenvalue weighted by Crippen LogP contribution is -2.30. The Balaban J connectivity index is 1.80. The van der Waals surface area contributed by atoms with Crippen molar-refractivity contribution in [2.75, 3.05) is 5.32 Å². The molecule has 0 saturated heterocycles. The lowest BCUT2D eigenvalue weighted by molar-refractivity contribution is -0.383. The molecule has 1 aliphatic rings. The van der Waals surface area contributed by atoms with Gasteiger partial charge in [-0.05, 0) is 43.5 Å². The van der Waals surface area contributed by atoms with Gasteiger partial charge in [-0.3, -0.25) is 14.9 Å². The summed E-state index contributed by atoms with van der Waals surface area (Å²) in [5.41, 5.74) is 0.775. The third-order valence-electron chi connectivity index (χ3n) is 4.23. The highest BCUT2D eigenvalue weighted by molar-refractivity contribution is 5.94. The summed E-state index contributed by atoms with van der Waals surface area (Å²) in [6, 6.07) is 13.1. The average Bonchev–Trinajstić information content (AvgIpc) is 2.64. The molecule has 0 amide bonds. The number of rotatable bonds is 5. The number of carbonyl (C=O) groups is 2. The summed E-state index contributed by atoms with van der Waals surface area (Å²) in [6.07, 6.45) is 1.78. The van der Waals surface area contributed by atoms with E-state index in [9.17, 15) is 19.7 Å². The van der Waals surface area contributed by atoms with Crippen LogP contribution in [0.4, 0.5) is 17.1 Å². The molecule has 7 nitrogen and oxygen atoms in total. The number of nitro benzene ring substituents is 1. The van der Waals surface area contributed by atoms with E-state index >= 15 is 0 Å². The van der Waals surface area contributed by atoms with Crippen LogP contribution in [-0.2, 0) is 9.53 Å². The molecule has 1 N–H and O–H groups in total. The number of nitro groups is 1. The van der Waals surface area contributed by atoms with E-state index in [1.807, 2.05) is 6.07 Å². The average molecular weight is 354 g/mol. The first-order valence-corrected chi connectivity index (χ1v) is 8.39. The third kappa shape index (κ3) is 4.05. The molecular formula is C19H18N2O5. The first kappa shape index (κ1) is 17.6. The number of ether oxygens (including phenoxy) is 1. The van der Waals surface area contributed by atoms with E-state index in [1.54, 1.807) is 24.3 Å². The van der Waals surface area contributed by atoms with Crippen LogP contribution in [0.5, 0.6) is 0 Å². The summed E-state index contributed by atoms with van der Waals surface area (Å²) >= 11 is 0. The van der Waals surface area contributed by atoms with E-state index in [0.717, 1.165) is 12.8 Å². The predicted octanol–water partition coefficient (Wildman–Crippen LogP) is 4.01. The Morgan fingerprint density at radius 3 is 2.62 bits per heavy atom. The molecule has 2 aromatic rings. The van der Waals surface area contributed by atoms with Crippen molar-refractivity contribution < 1.29 is 19.2 Å². The molecule has 0 bridgehead atoms. The van der Waals surface area contributed by atoms with E-state index in [2.05, 4.69) is 5.32 Å². The van der Waals surface area contributed by atoms with Gasteiger partial charge in [-0.25, -0.2) is 4.79 Å². The summed E-state index contributed by atoms with van der Waals surface area (Å²) in [7, 11) is 0. The summed E-state index contributed by atoms with van der Waals surface area (Å²) < 4.78 is 5.25. The van der Waals surface area contributed by atoms with E-state index in [0.29, 0.717) is 18.5 Å². The number of esters is 1. The Morgan fingerprint density at radius 1 is 1.15 bits per heavy atom. The number of nitrogens with zero attached hydrogens (tertiary/aromatic N) is 1. The fourth-order valence-corrected chi connectivity index (χ4v) is 2.87. The van der Waals surface area contributed by atoms with Gasteiger partial charge in [0.1, 0.15) is 5.69 Å². The van der Waals surface area contributed by atoms with Gasteiger partial charge in [0, 0.05) is 18.2 Å². The summed E-state index contributed by atoms with van der Waals surface area (Å²) in [4.78, 5) is 34.9. The molecule has 7 heteroatoms. The van der Waals surface area contributed by atoms with Gasteiger partial charge in [0.05, 0.1) is 10.5 Å². The molecular weight excluding hydrogens is 336 g/mol. The van der Waals surface area contributed by atoms with Crippen LogP contribution in [0.25, 0.3) is 0 Å².